The van der Waals surface area contributed by atoms with Crippen LogP contribution in [0.15, 0.2) is 18.2 Å². The molecule has 0 atom stereocenters. The van der Waals surface area contributed by atoms with Crippen molar-refractivity contribution in [3.63, 3.8) is 0 Å². The van der Waals surface area contributed by atoms with Gasteiger partial charge in [-0.1, -0.05) is 25.1 Å². The second kappa shape index (κ2) is 8.26. The van der Waals surface area contributed by atoms with Crippen LogP contribution >= 0.6 is 0 Å². The van der Waals surface area contributed by atoms with Crippen molar-refractivity contribution < 1.29 is 4.74 Å². The molecule has 1 N–H and O–H groups in total. The monoisotopic (exact) mass is 235 g/mol. The van der Waals surface area contributed by atoms with Crippen molar-refractivity contribution in [2.75, 3.05) is 19.8 Å². The molecular formula is C15H25NO. The van der Waals surface area contributed by atoms with Crippen LogP contribution in [0.5, 0.6) is 0 Å². The van der Waals surface area contributed by atoms with Crippen LogP contribution in [-0.2, 0) is 11.3 Å². The van der Waals surface area contributed by atoms with Crippen LogP contribution in [0.1, 0.15) is 36.5 Å². The van der Waals surface area contributed by atoms with E-state index in [9.17, 15) is 0 Å². The van der Waals surface area contributed by atoms with E-state index in [0.29, 0.717) is 0 Å². The summed E-state index contributed by atoms with van der Waals surface area (Å²) < 4.78 is 5.44. The molecule has 0 aliphatic rings. The van der Waals surface area contributed by atoms with Crippen LogP contribution in [0, 0.1) is 13.8 Å². The summed E-state index contributed by atoms with van der Waals surface area (Å²) in [4.78, 5) is 0. The number of hydrogen-bond donors (Lipinski definition) is 1. The van der Waals surface area contributed by atoms with E-state index in [1.54, 1.807) is 0 Å². The molecule has 0 fully saturated rings. The molecule has 0 unspecified atom stereocenters. The third-order valence-corrected chi connectivity index (χ3v) is 2.94. The largest absolute Gasteiger partial charge is 0.381 e. The summed E-state index contributed by atoms with van der Waals surface area (Å²) in [6.07, 6.45) is 2.20. The number of ether oxygens (including phenoxy) is 1. The maximum Gasteiger partial charge on any atom is 0.0478 e. The molecule has 1 aromatic carbocycles. The Morgan fingerprint density at radius 3 is 2.47 bits per heavy atom. The number of aryl methyl sites for hydroxylation is 2. The summed E-state index contributed by atoms with van der Waals surface area (Å²) in [5.41, 5.74) is 4.18. The molecule has 0 saturated heterocycles. The average Bonchev–Trinajstić information content (AvgIpc) is 2.31. The van der Waals surface area contributed by atoms with E-state index < -0.39 is 0 Å². The van der Waals surface area contributed by atoms with Gasteiger partial charge in [0, 0.05) is 19.8 Å². The Morgan fingerprint density at radius 1 is 1.12 bits per heavy atom. The summed E-state index contributed by atoms with van der Waals surface area (Å²) in [6.45, 7) is 10.2. The number of benzene rings is 1. The van der Waals surface area contributed by atoms with Gasteiger partial charge in [0.05, 0.1) is 0 Å². The van der Waals surface area contributed by atoms with Gasteiger partial charge in [0.2, 0.25) is 0 Å². The fourth-order valence-electron chi connectivity index (χ4n) is 1.89. The highest BCUT2D eigenvalue weighted by Crippen LogP contribution is 2.12. The first-order valence-corrected chi connectivity index (χ1v) is 6.59. The maximum atomic E-state index is 5.44. The van der Waals surface area contributed by atoms with Gasteiger partial charge in [0.15, 0.2) is 0 Å². The van der Waals surface area contributed by atoms with Gasteiger partial charge in [0.1, 0.15) is 0 Å². The summed E-state index contributed by atoms with van der Waals surface area (Å²) in [5, 5.41) is 3.48. The van der Waals surface area contributed by atoms with E-state index in [1.807, 2.05) is 0 Å². The molecule has 0 aliphatic heterocycles. The van der Waals surface area contributed by atoms with Crippen LogP contribution in [0.2, 0.25) is 0 Å². The SMILES string of the molecule is CCCOCCCNCc1c(C)cccc1C. The lowest BCUT2D eigenvalue weighted by Gasteiger charge is -2.10. The van der Waals surface area contributed by atoms with Crippen LogP contribution in [0.3, 0.4) is 0 Å². The Bertz CT molecular complexity index is 302. The molecule has 17 heavy (non-hydrogen) atoms. The molecule has 1 aromatic rings. The number of rotatable bonds is 8. The Balaban J connectivity index is 2.18. The zero-order valence-corrected chi connectivity index (χ0v) is 11.4. The zero-order valence-electron chi connectivity index (χ0n) is 11.4. The van der Waals surface area contributed by atoms with E-state index >= 15 is 0 Å². The first-order chi connectivity index (χ1) is 8.25. The third kappa shape index (κ3) is 5.33. The highest BCUT2D eigenvalue weighted by molar-refractivity contribution is 5.33. The van der Waals surface area contributed by atoms with Gasteiger partial charge in [-0.25, -0.2) is 0 Å². The van der Waals surface area contributed by atoms with Gasteiger partial charge in [-0.15, -0.1) is 0 Å². The Kier molecular flexibility index (Phi) is 6.90. The molecule has 0 radical (unpaired) electrons. The van der Waals surface area contributed by atoms with Gasteiger partial charge in [-0.2, -0.15) is 0 Å². The molecule has 2 nitrogen and oxygen atoms in total. The molecule has 0 amide bonds. The molecule has 0 saturated carbocycles. The summed E-state index contributed by atoms with van der Waals surface area (Å²) >= 11 is 0. The van der Waals surface area contributed by atoms with E-state index in [0.717, 1.165) is 39.1 Å². The van der Waals surface area contributed by atoms with Crippen molar-refractivity contribution in [3.8, 4) is 0 Å². The predicted molar refractivity (Wildman–Crippen MR) is 73.3 cm³/mol. The topological polar surface area (TPSA) is 21.3 Å². The average molecular weight is 235 g/mol. The van der Waals surface area contributed by atoms with Crippen LogP contribution in [-0.4, -0.2) is 19.8 Å². The van der Waals surface area contributed by atoms with E-state index in [4.69, 9.17) is 4.74 Å². The van der Waals surface area contributed by atoms with Crippen molar-refractivity contribution in [3.05, 3.63) is 34.9 Å². The van der Waals surface area contributed by atoms with E-state index in [-0.39, 0.29) is 0 Å². The molecule has 0 heterocycles. The minimum Gasteiger partial charge on any atom is -0.381 e. The highest BCUT2D eigenvalue weighted by atomic mass is 16.5. The normalized spacial score (nSPS) is 10.8. The third-order valence-electron chi connectivity index (χ3n) is 2.94. The number of hydrogen-bond acceptors (Lipinski definition) is 2. The molecule has 0 aliphatic carbocycles. The summed E-state index contributed by atoms with van der Waals surface area (Å²) in [5.74, 6) is 0. The first kappa shape index (κ1) is 14.2. The van der Waals surface area contributed by atoms with Gasteiger partial charge >= 0.3 is 0 Å². The predicted octanol–water partition coefficient (Wildman–Crippen LogP) is 3.21. The number of nitrogens with one attached hydrogen (secondary N) is 1. The molecule has 96 valence electrons. The van der Waals surface area contributed by atoms with Gasteiger partial charge in [-0.3, -0.25) is 0 Å². The van der Waals surface area contributed by atoms with E-state index in [2.05, 4.69) is 44.3 Å². The molecular weight excluding hydrogens is 210 g/mol. The van der Waals surface area contributed by atoms with Crippen LogP contribution in [0.25, 0.3) is 0 Å². The molecule has 1 rings (SSSR count). The molecule has 2 heteroatoms. The summed E-state index contributed by atoms with van der Waals surface area (Å²) in [7, 11) is 0. The molecule has 0 bridgehead atoms. The van der Waals surface area contributed by atoms with Crippen molar-refractivity contribution in [1.29, 1.82) is 0 Å². The fraction of sp³-hybridized carbons (Fsp3) is 0.600. The van der Waals surface area contributed by atoms with Gasteiger partial charge in [0.25, 0.3) is 0 Å². The summed E-state index contributed by atoms with van der Waals surface area (Å²) in [6, 6.07) is 6.47. The lowest BCUT2D eigenvalue weighted by molar-refractivity contribution is 0.132. The van der Waals surface area contributed by atoms with E-state index in [1.165, 1.54) is 16.7 Å². The Labute approximate surface area is 105 Å². The van der Waals surface area contributed by atoms with Gasteiger partial charge in [-0.05, 0) is 49.9 Å². The zero-order chi connectivity index (χ0) is 12.5. The first-order valence-electron chi connectivity index (χ1n) is 6.59. The van der Waals surface area contributed by atoms with Crippen molar-refractivity contribution in [2.45, 2.75) is 40.2 Å². The minimum absolute atomic E-state index is 0.869. The lowest BCUT2D eigenvalue weighted by atomic mass is 10.0. The van der Waals surface area contributed by atoms with Crippen molar-refractivity contribution in [1.82, 2.24) is 5.32 Å². The van der Waals surface area contributed by atoms with Crippen molar-refractivity contribution in [2.24, 2.45) is 0 Å². The second-order valence-electron chi connectivity index (χ2n) is 4.51. The quantitative estimate of drug-likeness (QED) is 0.699. The van der Waals surface area contributed by atoms with Crippen molar-refractivity contribution >= 4 is 0 Å². The second-order valence-corrected chi connectivity index (χ2v) is 4.51. The van der Waals surface area contributed by atoms with Crippen LogP contribution < -0.4 is 5.32 Å². The standard InChI is InChI=1S/C15H25NO/c1-4-10-17-11-6-9-16-12-15-13(2)7-5-8-14(15)3/h5,7-8,16H,4,6,9-12H2,1-3H3. The Hall–Kier alpha value is -0.860. The molecule has 0 aromatic heterocycles. The van der Waals surface area contributed by atoms with Gasteiger partial charge < -0.3 is 10.1 Å². The van der Waals surface area contributed by atoms with Crippen LogP contribution in [0.4, 0.5) is 0 Å². The Morgan fingerprint density at radius 2 is 1.82 bits per heavy atom. The highest BCUT2D eigenvalue weighted by Gasteiger charge is 2.00. The minimum atomic E-state index is 0.869. The smallest absolute Gasteiger partial charge is 0.0478 e. The molecule has 0 spiro atoms. The lowest BCUT2D eigenvalue weighted by Crippen LogP contribution is -2.17. The maximum absolute atomic E-state index is 5.44. The fourth-order valence-corrected chi connectivity index (χ4v) is 1.89.